The van der Waals surface area contributed by atoms with E-state index in [4.69, 9.17) is 15.7 Å². The normalized spacial score (nSPS) is 16.9. The molecular formula is C30H29N7. The van der Waals surface area contributed by atoms with Gasteiger partial charge in [-0.05, 0) is 54.8 Å². The van der Waals surface area contributed by atoms with Crippen LogP contribution < -0.4 is 11.1 Å². The second kappa shape index (κ2) is 8.80. The first-order valence-corrected chi connectivity index (χ1v) is 12.9. The van der Waals surface area contributed by atoms with Crippen molar-refractivity contribution in [1.29, 1.82) is 0 Å². The van der Waals surface area contributed by atoms with Gasteiger partial charge in [0.25, 0.3) is 0 Å². The predicted molar refractivity (Wildman–Crippen MR) is 147 cm³/mol. The maximum atomic E-state index is 6.30. The Kier molecular flexibility index (Phi) is 5.27. The number of nitrogens with zero attached hydrogens (tertiary/aromatic N) is 5. The molecule has 0 bridgehead atoms. The molecule has 37 heavy (non-hydrogen) atoms. The third-order valence-electron chi connectivity index (χ3n) is 7.56. The van der Waals surface area contributed by atoms with Crippen molar-refractivity contribution in [2.45, 2.75) is 24.9 Å². The zero-order valence-corrected chi connectivity index (χ0v) is 20.6. The van der Waals surface area contributed by atoms with Crippen LogP contribution in [0.2, 0.25) is 0 Å². The molecule has 1 saturated heterocycles. The zero-order valence-electron chi connectivity index (χ0n) is 20.6. The predicted octanol–water partition coefficient (Wildman–Crippen LogP) is 4.67. The summed E-state index contributed by atoms with van der Waals surface area (Å²) in [7, 11) is 0. The molecule has 1 saturated carbocycles. The first-order chi connectivity index (χ1) is 18.2. The van der Waals surface area contributed by atoms with Crippen molar-refractivity contribution in [2.75, 3.05) is 25.4 Å². The van der Waals surface area contributed by atoms with Crippen LogP contribution in [0.5, 0.6) is 0 Å². The zero-order chi connectivity index (χ0) is 24.8. The van der Waals surface area contributed by atoms with Gasteiger partial charge < -0.3 is 11.1 Å². The molecule has 0 amide bonds. The molecule has 7 heteroatoms. The molecule has 184 valence electrons. The Hall–Kier alpha value is -4.07. The third kappa shape index (κ3) is 4.16. The van der Waals surface area contributed by atoms with Gasteiger partial charge >= 0.3 is 0 Å². The van der Waals surface area contributed by atoms with E-state index in [0.29, 0.717) is 11.4 Å². The minimum Gasteiger partial charge on any atom is -0.383 e. The average molecular weight is 488 g/mol. The van der Waals surface area contributed by atoms with Gasteiger partial charge in [-0.3, -0.25) is 9.47 Å². The number of benzene rings is 2. The Morgan fingerprint density at radius 1 is 0.892 bits per heavy atom. The molecule has 3 N–H and O–H groups in total. The van der Waals surface area contributed by atoms with E-state index in [-0.39, 0.29) is 0 Å². The van der Waals surface area contributed by atoms with Crippen LogP contribution in [0.3, 0.4) is 0 Å². The van der Waals surface area contributed by atoms with Crippen molar-refractivity contribution in [3.63, 3.8) is 0 Å². The van der Waals surface area contributed by atoms with E-state index < -0.39 is 0 Å². The number of nitrogens with two attached hydrogens (primary N) is 1. The number of fused-ring (bicyclic) bond motifs is 1. The van der Waals surface area contributed by atoms with Crippen molar-refractivity contribution in [3.05, 3.63) is 90.6 Å². The maximum absolute atomic E-state index is 6.30. The van der Waals surface area contributed by atoms with Gasteiger partial charge in [0, 0.05) is 49.2 Å². The minimum absolute atomic E-state index is 0.384. The lowest BCUT2D eigenvalue weighted by atomic mass is 10.1. The molecule has 0 radical (unpaired) electrons. The lowest BCUT2D eigenvalue weighted by Crippen LogP contribution is -2.51. The van der Waals surface area contributed by atoms with Gasteiger partial charge in [-0.15, -0.1) is 0 Å². The summed E-state index contributed by atoms with van der Waals surface area (Å²) >= 11 is 0. The molecule has 2 fully saturated rings. The number of nitrogen functional groups attached to an aromatic ring is 1. The van der Waals surface area contributed by atoms with Gasteiger partial charge in [-0.25, -0.2) is 15.0 Å². The Bertz CT molecular complexity index is 1570. The van der Waals surface area contributed by atoms with Gasteiger partial charge in [-0.1, -0.05) is 42.5 Å². The van der Waals surface area contributed by atoms with E-state index >= 15 is 0 Å². The van der Waals surface area contributed by atoms with Gasteiger partial charge in [0.2, 0.25) is 0 Å². The molecule has 7 nitrogen and oxygen atoms in total. The molecule has 1 aliphatic carbocycles. The Balaban J connectivity index is 1.30. The molecular weight excluding hydrogens is 458 g/mol. The number of imidazole rings is 1. The summed E-state index contributed by atoms with van der Waals surface area (Å²) in [5.74, 6) is 1.19. The highest BCUT2D eigenvalue weighted by molar-refractivity contribution is 5.84. The van der Waals surface area contributed by atoms with Crippen LogP contribution in [-0.4, -0.2) is 49.6 Å². The van der Waals surface area contributed by atoms with E-state index in [1.54, 1.807) is 6.20 Å². The van der Waals surface area contributed by atoms with Crippen LogP contribution in [0, 0.1) is 0 Å². The first-order valence-electron chi connectivity index (χ1n) is 12.9. The van der Waals surface area contributed by atoms with E-state index in [1.807, 2.05) is 42.5 Å². The summed E-state index contributed by atoms with van der Waals surface area (Å²) in [5, 5.41) is 3.70. The second-order valence-corrected chi connectivity index (χ2v) is 10.2. The molecule has 3 aromatic heterocycles. The van der Waals surface area contributed by atoms with Crippen molar-refractivity contribution in [1.82, 2.24) is 29.7 Å². The lowest BCUT2D eigenvalue weighted by Gasteiger charge is -2.34. The highest BCUT2D eigenvalue weighted by Gasteiger charge is 2.45. The van der Waals surface area contributed by atoms with Crippen molar-refractivity contribution in [2.24, 2.45) is 0 Å². The Morgan fingerprint density at radius 3 is 2.51 bits per heavy atom. The molecule has 0 unspecified atom stereocenters. The van der Waals surface area contributed by atoms with E-state index in [1.165, 1.54) is 18.4 Å². The molecule has 5 aromatic rings. The molecule has 7 rings (SSSR count). The molecule has 1 spiro atoms. The fraction of sp³-hybridized carbons (Fsp3) is 0.233. The van der Waals surface area contributed by atoms with Crippen molar-refractivity contribution < 1.29 is 0 Å². The van der Waals surface area contributed by atoms with Crippen molar-refractivity contribution >= 4 is 17.0 Å². The fourth-order valence-corrected chi connectivity index (χ4v) is 5.43. The highest BCUT2D eigenvalue weighted by Crippen LogP contribution is 2.38. The van der Waals surface area contributed by atoms with Gasteiger partial charge in [0.1, 0.15) is 11.3 Å². The monoisotopic (exact) mass is 487 g/mol. The maximum Gasteiger partial charge on any atom is 0.165 e. The number of hydrogen-bond acceptors (Lipinski definition) is 6. The third-order valence-corrected chi connectivity index (χ3v) is 7.56. The summed E-state index contributed by atoms with van der Waals surface area (Å²) in [6.45, 7) is 4.27. The van der Waals surface area contributed by atoms with E-state index in [0.717, 1.165) is 65.7 Å². The summed E-state index contributed by atoms with van der Waals surface area (Å²) in [6, 6.07) is 26.9. The van der Waals surface area contributed by atoms with Crippen LogP contribution in [0.1, 0.15) is 18.4 Å². The smallest absolute Gasteiger partial charge is 0.165 e. The van der Waals surface area contributed by atoms with Crippen LogP contribution in [0.15, 0.2) is 85.1 Å². The number of pyridine rings is 2. The quantitative estimate of drug-likeness (QED) is 0.375. The van der Waals surface area contributed by atoms with Crippen LogP contribution in [0.25, 0.3) is 39.5 Å². The summed E-state index contributed by atoms with van der Waals surface area (Å²) < 4.78 is 2.10. The van der Waals surface area contributed by atoms with E-state index in [9.17, 15) is 0 Å². The minimum atomic E-state index is 0.384. The molecule has 2 aromatic carbocycles. The topological polar surface area (TPSA) is 84.9 Å². The Morgan fingerprint density at radius 2 is 1.73 bits per heavy atom. The van der Waals surface area contributed by atoms with Crippen molar-refractivity contribution in [3.8, 4) is 28.3 Å². The number of aromatic nitrogens is 4. The number of anilines is 1. The van der Waals surface area contributed by atoms with Crippen LogP contribution >= 0.6 is 0 Å². The second-order valence-electron chi connectivity index (χ2n) is 10.2. The van der Waals surface area contributed by atoms with Gasteiger partial charge in [-0.2, -0.15) is 0 Å². The molecule has 0 atom stereocenters. The largest absolute Gasteiger partial charge is 0.383 e. The number of hydrogen-bond donors (Lipinski definition) is 2. The summed E-state index contributed by atoms with van der Waals surface area (Å²) in [6.07, 6.45) is 4.30. The number of piperazine rings is 1. The average Bonchev–Trinajstić information content (AvgIpc) is 3.56. The van der Waals surface area contributed by atoms with Crippen LogP contribution in [-0.2, 0) is 6.54 Å². The van der Waals surface area contributed by atoms with Gasteiger partial charge in [0.05, 0.1) is 11.3 Å². The SMILES string of the molecule is Nc1ncccc1-c1nc2ccc(-c3ccccc3)nc2n1-c1ccc(CN2CCNC3(CC3)C2)cc1. The number of nitrogens with one attached hydrogen (secondary N) is 1. The van der Waals surface area contributed by atoms with Crippen LogP contribution in [0.4, 0.5) is 5.82 Å². The molecule has 2 aliphatic rings. The van der Waals surface area contributed by atoms with E-state index in [2.05, 4.69) is 56.2 Å². The standard InChI is InChI=1S/C30H29N7/c31-27-24(7-4-16-32-27)28-35-26-13-12-25(22-5-2-1-3-6-22)34-29(26)37(28)23-10-8-21(9-11-23)19-36-18-17-33-30(20-36)14-15-30/h1-13,16,33H,14-15,17-20H2,(H2,31,32). The lowest BCUT2D eigenvalue weighted by molar-refractivity contribution is 0.182. The summed E-state index contributed by atoms with van der Waals surface area (Å²) in [4.78, 5) is 16.9. The Labute approximate surface area is 216 Å². The highest BCUT2D eigenvalue weighted by atomic mass is 15.2. The first kappa shape index (κ1) is 22.2. The summed E-state index contributed by atoms with van der Waals surface area (Å²) in [5.41, 5.74) is 13.4. The fourth-order valence-electron chi connectivity index (χ4n) is 5.43. The molecule has 4 heterocycles. The van der Waals surface area contributed by atoms with Gasteiger partial charge in [0.15, 0.2) is 11.5 Å². The molecule has 1 aliphatic heterocycles. The number of rotatable bonds is 5.